The van der Waals surface area contributed by atoms with E-state index in [1.165, 1.54) is 28.8 Å². The standard InChI is InChI=1S/C20H18F3N5O2/c1-12(2)28-11-24-17-16(13-8-25-26(3)9-13)10-27(19(29)18(17)28)14-4-6-15(7-5-14)30-20(21,22)23/h4-12H,1-3H3. The molecule has 3 heterocycles. The maximum absolute atomic E-state index is 13.3. The van der Waals surface area contributed by atoms with Gasteiger partial charge in [0.2, 0.25) is 0 Å². The van der Waals surface area contributed by atoms with E-state index in [2.05, 4.69) is 14.8 Å². The Morgan fingerprint density at radius 1 is 1.10 bits per heavy atom. The van der Waals surface area contributed by atoms with Crippen LogP contribution in [0.3, 0.4) is 0 Å². The molecule has 0 atom stereocenters. The van der Waals surface area contributed by atoms with Crippen molar-refractivity contribution in [2.45, 2.75) is 26.3 Å². The molecule has 0 unspecified atom stereocenters. The van der Waals surface area contributed by atoms with Gasteiger partial charge in [0.15, 0.2) is 0 Å². The normalized spacial score (nSPS) is 12.1. The van der Waals surface area contributed by atoms with Gasteiger partial charge in [0.25, 0.3) is 5.56 Å². The monoisotopic (exact) mass is 417 g/mol. The van der Waals surface area contributed by atoms with Gasteiger partial charge >= 0.3 is 6.36 Å². The Hall–Kier alpha value is -3.56. The quantitative estimate of drug-likeness (QED) is 0.502. The Morgan fingerprint density at radius 2 is 1.80 bits per heavy atom. The molecule has 0 aliphatic heterocycles. The van der Waals surface area contributed by atoms with Crippen LogP contribution in [0.25, 0.3) is 27.8 Å². The largest absolute Gasteiger partial charge is 0.573 e. The van der Waals surface area contributed by atoms with Gasteiger partial charge in [-0.15, -0.1) is 13.2 Å². The van der Waals surface area contributed by atoms with E-state index >= 15 is 0 Å². The van der Waals surface area contributed by atoms with Crippen LogP contribution in [-0.2, 0) is 7.05 Å². The zero-order valence-corrected chi connectivity index (χ0v) is 16.4. The Balaban J connectivity index is 1.93. The lowest BCUT2D eigenvalue weighted by Crippen LogP contribution is -2.21. The van der Waals surface area contributed by atoms with E-state index in [4.69, 9.17) is 0 Å². The summed E-state index contributed by atoms with van der Waals surface area (Å²) < 4.78 is 46.0. The molecule has 0 aliphatic rings. The number of imidazole rings is 1. The van der Waals surface area contributed by atoms with Crippen molar-refractivity contribution >= 4 is 11.0 Å². The van der Waals surface area contributed by atoms with Gasteiger partial charge in [-0.05, 0) is 38.1 Å². The van der Waals surface area contributed by atoms with Crippen molar-refractivity contribution in [2.24, 2.45) is 7.05 Å². The van der Waals surface area contributed by atoms with E-state index in [-0.39, 0.29) is 17.4 Å². The molecule has 0 bridgehead atoms. The fourth-order valence-corrected chi connectivity index (χ4v) is 3.30. The van der Waals surface area contributed by atoms with Crippen LogP contribution in [0.15, 0.2) is 54.0 Å². The number of ether oxygens (including phenoxy) is 1. The summed E-state index contributed by atoms with van der Waals surface area (Å²) in [5.74, 6) is -0.361. The molecule has 10 heteroatoms. The molecule has 3 aromatic heterocycles. The predicted octanol–water partition coefficient (Wildman–Crippen LogP) is 4.07. The number of halogens is 3. The number of hydrogen-bond donors (Lipinski definition) is 0. The van der Waals surface area contributed by atoms with Crippen molar-refractivity contribution < 1.29 is 17.9 Å². The highest BCUT2D eigenvalue weighted by atomic mass is 19.4. The summed E-state index contributed by atoms with van der Waals surface area (Å²) in [4.78, 5) is 17.7. The molecular weight excluding hydrogens is 399 g/mol. The smallest absolute Gasteiger partial charge is 0.406 e. The summed E-state index contributed by atoms with van der Waals surface area (Å²) in [6.07, 6.45) is 1.92. The minimum Gasteiger partial charge on any atom is -0.406 e. The van der Waals surface area contributed by atoms with Gasteiger partial charge in [0.05, 0.1) is 12.5 Å². The van der Waals surface area contributed by atoms with E-state index in [0.717, 1.165) is 5.56 Å². The molecule has 0 fully saturated rings. The van der Waals surface area contributed by atoms with Crippen LogP contribution in [0, 0.1) is 0 Å². The molecule has 4 aromatic rings. The summed E-state index contributed by atoms with van der Waals surface area (Å²) in [7, 11) is 1.78. The van der Waals surface area contributed by atoms with Crippen LogP contribution in [0.5, 0.6) is 5.75 Å². The fraction of sp³-hybridized carbons (Fsp3) is 0.250. The first kappa shape index (κ1) is 19.7. The lowest BCUT2D eigenvalue weighted by molar-refractivity contribution is -0.274. The molecule has 0 spiro atoms. The van der Waals surface area contributed by atoms with Crippen molar-refractivity contribution in [3.05, 3.63) is 59.5 Å². The van der Waals surface area contributed by atoms with Gasteiger partial charge in [0, 0.05) is 42.3 Å². The lowest BCUT2D eigenvalue weighted by Gasteiger charge is -2.13. The van der Waals surface area contributed by atoms with Crippen LogP contribution < -0.4 is 10.3 Å². The number of pyridine rings is 1. The van der Waals surface area contributed by atoms with Gasteiger partial charge in [0.1, 0.15) is 16.8 Å². The topological polar surface area (TPSA) is 66.9 Å². The molecule has 0 radical (unpaired) electrons. The number of alkyl halides is 3. The number of fused-ring (bicyclic) bond motifs is 1. The zero-order chi connectivity index (χ0) is 21.6. The minimum absolute atomic E-state index is 0.0112. The van der Waals surface area contributed by atoms with Crippen LogP contribution in [0.2, 0.25) is 0 Å². The molecule has 0 saturated carbocycles. The van der Waals surface area contributed by atoms with Crippen molar-refractivity contribution in [2.75, 3.05) is 0 Å². The Kier molecular flexibility index (Phi) is 4.64. The third-order valence-corrected chi connectivity index (χ3v) is 4.65. The van der Waals surface area contributed by atoms with Gasteiger partial charge in [-0.1, -0.05) is 0 Å². The summed E-state index contributed by atoms with van der Waals surface area (Å²) in [6.45, 7) is 3.87. The van der Waals surface area contributed by atoms with Gasteiger partial charge in [-0.2, -0.15) is 5.10 Å². The van der Waals surface area contributed by atoms with Crippen molar-refractivity contribution in [1.29, 1.82) is 0 Å². The third kappa shape index (κ3) is 3.56. The summed E-state index contributed by atoms with van der Waals surface area (Å²) >= 11 is 0. The van der Waals surface area contributed by atoms with Gasteiger partial charge in [-0.25, -0.2) is 4.98 Å². The van der Waals surface area contributed by atoms with E-state index < -0.39 is 6.36 Å². The molecule has 0 N–H and O–H groups in total. The second-order valence-corrected chi connectivity index (χ2v) is 7.11. The average Bonchev–Trinajstić information content (AvgIpc) is 3.29. The lowest BCUT2D eigenvalue weighted by atomic mass is 10.1. The first-order valence-corrected chi connectivity index (χ1v) is 9.11. The molecular formula is C20H18F3N5O2. The van der Waals surface area contributed by atoms with E-state index in [9.17, 15) is 18.0 Å². The number of aryl methyl sites for hydroxylation is 1. The Labute approximate surface area is 168 Å². The van der Waals surface area contributed by atoms with Crippen molar-refractivity contribution in [1.82, 2.24) is 23.9 Å². The highest BCUT2D eigenvalue weighted by molar-refractivity contribution is 5.91. The number of hydrogen-bond acceptors (Lipinski definition) is 4. The number of aromatic nitrogens is 5. The van der Waals surface area contributed by atoms with Crippen LogP contribution in [0.1, 0.15) is 19.9 Å². The summed E-state index contributed by atoms with van der Waals surface area (Å²) in [5, 5.41) is 4.18. The van der Waals surface area contributed by atoms with Crippen LogP contribution in [-0.4, -0.2) is 30.3 Å². The number of rotatable bonds is 4. The molecule has 30 heavy (non-hydrogen) atoms. The molecule has 0 amide bonds. The van der Waals surface area contributed by atoms with Crippen molar-refractivity contribution in [3.63, 3.8) is 0 Å². The minimum atomic E-state index is -4.78. The van der Waals surface area contributed by atoms with Crippen LogP contribution in [0.4, 0.5) is 13.2 Å². The second kappa shape index (κ2) is 7.05. The van der Waals surface area contributed by atoms with Crippen LogP contribution >= 0.6 is 0 Å². The van der Waals surface area contributed by atoms with E-state index in [1.807, 2.05) is 13.8 Å². The Morgan fingerprint density at radius 3 is 2.37 bits per heavy atom. The highest BCUT2D eigenvalue weighted by Gasteiger charge is 2.31. The van der Waals surface area contributed by atoms with E-state index in [1.54, 1.807) is 41.2 Å². The first-order chi connectivity index (χ1) is 14.1. The maximum Gasteiger partial charge on any atom is 0.573 e. The number of nitrogens with zero attached hydrogens (tertiary/aromatic N) is 5. The highest BCUT2D eigenvalue weighted by Crippen LogP contribution is 2.29. The molecule has 156 valence electrons. The Bertz CT molecular complexity index is 1270. The molecule has 0 aliphatic carbocycles. The zero-order valence-electron chi connectivity index (χ0n) is 16.4. The molecule has 0 saturated heterocycles. The predicted molar refractivity (Wildman–Crippen MR) is 105 cm³/mol. The SMILES string of the molecule is CC(C)n1cnc2c(-c3cnn(C)c3)cn(-c3ccc(OC(F)(F)F)cc3)c(=O)c21. The first-order valence-electron chi connectivity index (χ1n) is 9.11. The second-order valence-electron chi connectivity index (χ2n) is 7.11. The fourth-order valence-electron chi connectivity index (χ4n) is 3.30. The third-order valence-electron chi connectivity index (χ3n) is 4.65. The van der Waals surface area contributed by atoms with Crippen molar-refractivity contribution in [3.8, 4) is 22.6 Å². The summed E-state index contributed by atoms with van der Waals surface area (Å²) in [5.41, 5.74) is 2.47. The average molecular weight is 417 g/mol. The van der Waals surface area contributed by atoms with Gasteiger partial charge < -0.3 is 9.30 Å². The molecule has 1 aromatic carbocycles. The molecule has 4 rings (SSSR count). The molecule has 7 nitrogen and oxygen atoms in total. The maximum atomic E-state index is 13.3. The van der Waals surface area contributed by atoms with Gasteiger partial charge in [-0.3, -0.25) is 14.0 Å². The number of benzene rings is 1. The summed E-state index contributed by atoms with van der Waals surface area (Å²) in [6, 6.07) is 5.13. The van der Waals surface area contributed by atoms with E-state index in [0.29, 0.717) is 22.3 Å².